The third-order valence-electron chi connectivity index (χ3n) is 4.74. The van der Waals surface area contributed by atoms with Gasteiger partial charge in [0.25, 0.3) is 0 Å². The number of rotatable bonds is 6. The van der Waals surface area contributed by atoms with E-state index < -0.39 is 0 Å². The van der Waals surface area contributed by atoms with E-state index in [9.17, 15) is 0 Å². The molecule has 1 heterocycles. The molecule has 0 radical (unpaired) electrons. The van der Waals surface area contributed by atoms with Gasteiger partial charge >= 0.3 is 0 Å². The van der Waals surface area contributed by atoms with Gasteiger partial charge in [-0.1, -0.05) is 19.3 Å². The predicted molar refractivity (Wildman–Crippen MR) is 102 cm³/mol. The summed E-state index contributed by atoms with van der Waals surface area (Å²) in [4.78, 5) is 4.76. The Morgan fingerprint density at radius 2 is 2.00 bits per heavy atom. The van der Waals surface area contributed by atoms with E-state index in [0.717, 1.165) is 24.2 Å². The van der Waals surface area contributed by atoms with Crippen molar-refractivity contribution in [3.8, 4) is 0 Å². The zero-order valence-corrected chi connectivity index (χ0v) is 16.5. The van der Waals surface area contributed by atoms with Crippen LogP contribution in [0.5, 0.6) is 0 Å². The molecule has 0 bridgehead atoms. The van der Waals surface area contributed by atoms with Crippen LogP contribution in [0.4, 0.5) is 0 Å². The Kier molecular flexibility index (Phi) is 6.95. The van der Waals surface area contributed by atoms with Crippen LogP contribution in [0.15, 0.2) is 4.99 Å². The number of aryl methyl sites for hydroxylation is 1. The van der Waals surface area contributed by atoms with Gasteiger partial charge in [0.15, 0.2) is 11.8 Å². The van der Waals surface area contributed by atoms with Crippen molar-refractivity contribution in [1.82, 2.24) is 25.4 Å². The molecular weight excluding hydrogens is 320 g/mol. The standard InChI is InChI=1S/C17H32N6S/c1-13-21-22-15(23(13)4)11-18-16(19-12-17(2,3)24-5)20-14-9-7-6-8-10-14/h14H,6-12H2,1-5H3,(H2,18,19,20). The van der Waals surface area contributed by atoms with Crippen molar-refractivity contribution in [1.29, 1.82) is 0 Å². The van der Waals surface area contributed by atoms with Crippen LogP contribution in [0.2, 0.25) is 0 Å². The number of hydrogen-bond acceptors (Lipinski definition) is 4. The van der Waals surface area contributed by atoms with Crippen LogP contribution in [-0.2, 0) is 13.6 Å². The molecule has 0 aromatic carbocycles. The first-order valence-electron chi connectivity index (χ1n) is 8.86. The molecule has 1 aromatic heterocycles. The van der Waals surface area contributed by atoms with Gasteiger partial charge in [0.2, 0.25) is 0 Å². The van der Waals surface area contributed by atoms with Gasteiger partial charge in [-0.2, -0.15) is 11.8 Å². The summed E-state index contributed by atoms with van der Waals surface area (Å²) in [6.07, 6.45) is 8.59. The van der Waals surface area contributed by atoms with E-state index >= 15 is 0 Å². The van der Waals surface area contributed by atoms with E-state index in [-0.39, 0.29) is 4.75 Å². The van der Waals surface area contributed by atoms with Crippen LogP contribution >= 0.6 is 11.8 Å². The van der Waals surface area contributed by atoms with Crippen molar-refractivity contribution in [2.45, 2.75) is 70.2 Å². The van der Waals surface area contributed by atoms with E-state index in [4.69, 9.17) is 4.99 Å². The molecule has 6 nitrogen and oxygen atoms in total. The number of nitrogens with zero attached hydrogens (tertiary/aromatic N) is 4. The van der Waals surface area contributed by atoms with Gasteiger partial charge < -0.3 is 15.2 Å². The zero-order chi connectivity index (χ0) is 17.6. The number of thioether (sulfide) groups is 1. The molecule has 0 atom stereocenters. The highest BCUT2D eigenvalue weighted by Crippen LogP contribution is 2.20. The molecule has 1 aliphatic rings. The molecule has 1 saturated carbocycles. The second-order valence-electron chi connectivity index (χ2n) is 7.18. The van der Waals surface area contributed by atoms with Crippen LogP contribution in [0, 0.1) is 6.92 Å². The molecule has 2 N–H and O–H groups in total. The second kappa shape index (κ2) is 8.74. The first-order chi connectivity index (χ1) is 11.4. The first kappa shape index (κ1) is 19.1. The van der Waals surface area contributed by atoms with Gasteiger partial charge in [-0.05, 0) is 39.9 Å². The lowest BCUT2D eigenvalue weighted by molar-refractivity contribution is 0.409. The minimum atomic E-state index is 0.177. The Balaban J connectivity index is 2.02. The van der Waals surface area contributed by atoms with Gasteiger partial charge in [-0.25, -0.2) is 4.99 Å². The van der Waals surface area contributed by atoms with Crippen LogP contribution in [0.1, 0.15) is 57.6 Å². The number of nitrogens with one attached hydrogen (secondary N) is 2. The summed E-state index contributed by atoms with van der Waals surface area (Å²) >= 11 is 1.86. The summed E-state index contributed by atoms with van der Waals surface area (Å²) in [6.45, 7) is 7.87. The van der Waals surface area contributed by atoms with Crippen molar-refractivity contribution in [2.24, 2.45) is 12.0 Å². The monoisotopic (exact) mass is 352 g/mol. The Hall–Kier alpha value is -1.24. The Bertz CT molecular complexity index is 545. The Morgan fingerprint density at radius 1 is 1.29 bits per heavy atom. The predicted octanol–water partition coefficient (Wildman–Crippen LogP) is 2.63. The number of aliphatic imine (C=N–C) groups is 1. The van der Waals surface area contributed by atoms with Crippen molar-refractivity contribution >= 4 is 17.7 Å². The highest BCUT2D eigenvalue weighted by atomic mass is 32.2. The average molecular weight is 353 g/mol. The first-order valence-corrected chi connectivity index (χ1v) is 10.1. The van der Waals surface area contributed by atoms with Crippen molar-refractivity contribution < 1.29 is 0 Å². The molecule has 1 fully saturated rings. The molecule has 1 aromatic rings. The minimum absolute atomic E-state index is 0.177. The lowest BCUT2D eigenvalue weighted by Crippen LogP contribution is -2.47. The fourth-order valence-corrected chi connectivity index (χ4v) is 2.92. The van der Waals surface area contributed by atoms with Gasteiger partial charge in [-0.15, -0.1) is 10.2 Å². The molecule has 136 valence electrons. The summed E-state index contributed by atoms with van der Waals surface area (Å²) in [6, 6.07) is 0.531. The number of guanidine groups is 1. The van der Waals surface area contributed by atoms with E-state index in [1.807, 2.05) is 30.3 Å². The summed E-state index contributed by atoms with van der Waals surface area (Å²) in [5, 5.41) is 15.4. The molecule has 0 unspecified atom stereocenters. The van der Waals surface area contributed by atoms with Crippen LogP contribution in [0.3, 0.4) is 0 Å². The maximum atomic E-state index is 4.76. The smallest absolute Gasteiger partial charge is 0.191 e. The molecular formula is C17H32N6S. The largest absolute Gasteiger partial charge is 0.355 e. The highest BCUT2D eigenvalue weighted by molar-refractivity contribution is 7.99. The minimum Gasteiger partial charge on any atom is -0.355 e. The fourth-order valence-electron chi connectivity index (χ4n) is 2.70. The van der Waals surface area contributed by atoms with Crippen LogP contribution in [-0.4, -0.2) is 44.3 Å². The zero-order valence-electron chi connectivity index (χ0n) is 15.7. The van der Waals surface area contributed by atoms with Gasteiger partial charge in [0, 0.05) is 24.4 Å². The Labute approximate surface area is 150 Å². The van der Waals surface area contributed by atoms with Crippen molar-refractivity contribution in [3.05, 3.63) is 11.6 Å². The number of hydrogen-bond donors (Lipinski definition) is 2. The average Bonchev–Trinajstić information content (AvgIpc) is 2.90. The van der Waals surface area contributed by atoms with Gasteiger partial charge in [-0.3, -0.25) is 0 Å². The second-order valence-corrected chi connectivity index (χ2v) is 8.70. The maximum Gasteiger partial charge on any atom is 0.191 e. The molecule has 0 aliphatic heterocycles. The third-order valence-corrected chi connectivity index (χ3v) is 5.99. The van der Waals surface area contributed by atoms with Crippen LogP contribution in [0.25, 0.3) is 0 Å². The van der Waals surface area contributed by atoms with Crippen molar-refractivity contribution in [3.63, 3.8) is 0 Å². The quantitative estimate of drug-likeness (QED) is 0.608. The molecule has 0 spiro atoms. The summed E-state index contributed by atoms with van der Waals surface area (Å²) < 4.78 is 2.17. The topological polar surface area (TPSA) is 67.1 Å². The van der Waals surface area contributed by atoms with Crippen LogP contribution < -0.4 is 10.6 Å². The highest BCUT2D eigenvalue weighted by Gasteiger charge is 2.19. The van der Waals surface area contributed by atoms with E-state index in [0.29, 0.717) is 12.6 Å². The summed E-state index contributed by atoms with van der Waals surface area (Å²) in [5.41, 5.74) is 0. The summed E-state index contributed by atoms with van der Waals surface area (Å²) in [5.74, 6) is 2.70. The molecule has 1 aliphatic carbocycles. The normalized spacial score (nSPS) is 17.1. The van der Waals surface area contributed by atoms with E-state index in [2.05, 4.69) is 40.9 Å². The Morgan fingerprint density at radius 3 is 2.58 bits per heavy atom. The lowest BCUT2D eigenvalue weighted by Gasteiger charge is -2.28. The number of aromatic nitrogens is 3. The molecule has 0 amide bonds. The molecule has 7 heteroatoms. The summed E-state index contributed by atoms with van der Waals surface area (Å²) in [7, 11) is 1.98. The van der Waals surface area contributed by atoms with Crippen molar-refractivity contribution in [2.75, 3.05) is 12.8 Å². The molecule has 0 saturated heterocycles. The molecule has 2 rings (SSSR count). The van der Waals surface area contributed by atoms with E-state index in [1.54, 1.807) is 0 Å². The van der Waals surface area contributed by atoms with Gasteiger partial charge in [0.05, 0.1) is 0 Å². The third kappa shape index (κ3) is 5.69. The fraction of sp³-hybridized carbons (Fsp3) is 0.824. The lowest BCUT2D eigenvalue weighted by atomic mass is 9.96. The SMILES string of the molecule is CSC(C)(C)CNC(=NCc1nnc(C)n1C)NC1CCCCC1. The maximum absolute atomic E-state index is 4.76. The van der Waals surface area contributed by atoms with E-state index in [1.165, 1.54) is 32.1 Å². The molecule has 24 heavy (non-hydrogen) atoms. The van der Waals surface area contributed by atoms with Gasteiger partial charge in [0.1, 0.15) is 12.4 Å².